The number of benzene rings is 1. The Bertz CT molecular complexity index is 358. The predicted molar refractivity (Wildman–Crippen MR) is 65.0 cm³/mol. The second-order valence-corrected chi connectivity index (χ2v) is 3.46. The van der Waals surface area contributed by atoms with Crippen LogP contribution in [0.4, 0.5) is 0 Å². The fourth-order valence-electron chi connectivity index (χ4n) is 0.830. The molecule has 1 amide bonds. The third-order valence-corrected chi connectivity index (χ3v) is 2.21. The number of nitrogens with zero attached hydrogens (tertiary/aromatic N) is 1. The van der Waals surface area contributed by atoms with Gasteiger partial charge in [-0.3, -0.25) is 14.5 Å². The van der Waals surface area contributed by atoms with Crippen LogP contribution in [-0.4, -0.2) is 10.9 Å². The average Bonchev–Trinajstić information content (AvgIpc) is 2.88. The first-order valence-electron chi connectivity index (χ1n) is 4.16. The fraction of sp³-hybridized carbons (Fsp3) is 0. The molecular formula is C10H10N2OS2. The van der Waals surface area contributed by atoms with Crippen molar-refractivity contribution in [2.45, 2.75) is 0 Å². The number of hydrogen-bond donors (Lipinski definition) is 2. The van der Waals surface area contributed by atoms with Crippen LogP contribution in [-0.2, 0) is 0 Å². The third kappa shape index (κ3) is 4.62. The molecule has 1 aromatic heterocycles. The molecule has 3 nitrogen and oxygen atoms in total. The highest BCUT2D eigenvalue weighted by molar-refractivity contribution is 7.78. The summed E-state index contributed by atoms with van der Waals surface area (Å²) in [5.41, 5.74) is 2.41. The second kappa shape index (κ2) is 7.03. The van der Waals surface area contributed by atoms with Gasteiger partial charge < -0.3 is 0 Å². The molecule has 0 aliphatic carbocycles. The highest BCUT2D eigenvalue weighted by atomic mass is 32.1. The van der Waals surface area contributed by atoms with Gasteiger partial charge in [-0.05, 0) is 12.1 Å². The van der Waals surface area contributed by atoms with Crippen LogP contribution in [0.2, 0.25) is 0 Å². The van der Waals surface area contributed by atoms with E-state index in [-0.39, 0.29) is 5.91 Å². The molecule has 0 bridgehead atoms. The summed E-state index contributed by atoms with van der Waals surface area (Å²) in [6, 6.07) is 8.92. The van der Waals surface area contributed by atoms with E-state index in [0.717, 1.165) is 0 Å². The van der Waals surface area contributed by atoms with Crippen molar-refractivity contribution < 1.29 is 4.79 Å². The first kappa shape index (κ1) is 11.7. The van der Waals surface area contributed by atoms with Crippen molar-refractivity contribution in [1.82, 2.24) is 9.71 Å². The van der Waals surface area contributed by atoms with Crippen LogP contribution < -0.4 is 4.72 Å². The Morgan fingerprint density at radius 2 is 2.07 bits per heavy atom. The molecule has 0 radical (unpaired) electrons. The van der Waals surface area contributed by atoms with E-state index in [1.807, 2.05) is 11.4 Å². The Balaban J connectivity index is 0.000000187. The summed E-state index contributed by atoms with van der Waals surface area (Å²) in [5, 5.41) is 1.93. The van der Waals surface area contributed by atoms with Gasteiger partial charge in [0.15, 0.2) is 0 Å². The molecule has 1 N–H and O–H groups in total. The summed E-state index contributed by atoms with van der Waals surface area (Å²) in [5.74, 6) is -0.177. The Hall–Kier alpha value is -1.33. The standard InChI is InChI=1S/C7H7NOS.C3H3NS/c9-7(8-10)6-4-2-1-3-5-6;1-2-5-3-4-1/h1-5,10H,(H,8,9);1-3H. The largest absolute Gasteiger partial charge is 0.299 e. The lowest BCUT2D eigenvalue weighted by Gasteiger charge is -1.95. The van der Waals surface area contributed by atoms with Crippen molar-refractivity contribution in [3.05, 3.63) is 53.0 Å². The molecule has 1 heterocycles. The molecule has 0 unspecified atom stereocenters. The summed E-state index contributed by atoms with van der Waals surface area (Å²) in [6.45, 7) is 0. The number of carbonyl (C=O) groups excluding carboxylic acids is 1. The molecule has 1 aromatic carbocycles. The smallest absolute Gasteiger partial charge is 0.260 e. The fourth-order valence-corrected chi connectivity index (χ4v) is 1.31. The normalized spacial score (nSPS) is 8.60. The number of thiol groups is 1. The van der Waals surface area contributed by atoms with E-state index in [9.17, 15) is 4.79 Å². The minimum atomic E-state index is -0.177. The van der Waals surface area contributed by atoms with E-state index >= 15 is 0 Å². The first-order valence-corrected chi connectivity index (χ1v) is 5.55. The lowest BCUT2D eigenvalue weighted by atomic mass is 10.2. The summed E-state index contributed by atoms with van der Waals surface area (Å²) < 4.78 is 2.24. The highest BCUT2D eigenvalue weighted by Crippen LogP contribution is 1.97. The van der Waals surface area contributed by atoms with Crippen molar-refractivity contribution in [3.8, 4) is 0 Å². The Morgan fingerprint density at radius 1 is 1.33 bits per heavy atom. The molecule has 5 heteroatoms. The molecule has 78 valence electrons. The Labute approximate surface area is 97.7 Å². The van der Waals surface area contributed by atoms with Gasteiger partial charge in [-0.1, -0.05) is 31.0 Å². The highest BCUT2D eigenvalue weighted by Gasteiger charge is 1.98. The van der Waals surface area contributed by atoms with Gasteiger partial charge in [-0.15, -0.1) is 11.3 Å². The van der Waals surface area contributed by atoms with Crippen molar-refractivity contribution in [3.63, 3.8) is 0 Å². The predicted octanol–water partition coefficient (Wildman–Crippen LogP) is 2.40. The van der Waals surface area contributed by atoms with Crippen LogP contribution in [0.25, 0.3) is 0 Å². The zero-order valence-electron chi connectivity index (χ0n) is 7.83. The van der Waals surface area contributed by atoms with Crippen molar-refractivity contribution >= 4 is 30.1 Å². The summed E-state index contributed by atoms with van der Waals surface area (Å²) in [7, 11) is 0. The quantitative estimate of drug-likeness (QED) is 0.749. The van der Waals surface area contributed by atoms with Crippen LogP contribution >= 0.6 is 24.2 Å². The van der Waals surface area contributed by atoms with Gasteiger partial charge in [0.1, 0.15) is 0 Å². The molecule has 0 aliphatic rings. The van der Waals surface area contributed by atoms with E-state index in [4.69, 9.17) is 0 Å². The van der Waals surface area contributed by atoms with Gasteiger partial charge in [-0.25, -0.2) is 0 Å². The van der Waals surface area contributed by atoms with E-state index in [2.05, 4.69) is 22.5 Å². The average molecular weight is 238 g/mol. The van der Waals surface area contributed by atoms with Gasteiger partial charge in [0, 0.05) is 17.1 Å². The van der Waals surface area contributed by atoms with Gasteiger partial charge >= 0.3 is 0 Å². The molecule has 15 heavy (non-hydrogen) atoms. The number of amides is 1. The van der Waals surface area contributed by atoms with Gasteiger partial charge in [0.05, 0.1) is 5.51 Å². The Kier molecular flexibility index (Phi) is 5.50. The third-order valence-electron chi connectivity index (χ3n) is 1.48. The molecule has 2 rings (SSSR count). The van der Waals surface area contributed by atoms with Crippen LogP contribution in [0.5, 0.6) is 0 Å². The number of carbonyl (C=O) groups is 1. The summed E-state index contributed by atoms with van der Waals surface area (Å²) in [6.07, 6.45) is 1.77. The minimum Gasteiger partial charge on any atom is -0.299 e. The second-order valence-electron chi connectivity index (χ2n) is 2.48. The Morgan fingerprint density at radius 3 is 2.47 bits per heavy atom. The SMILES string of the molecule is O=C(NS)c1ccccc1.c1cscn1. The molecule has 0 saturated carbocycles. The van der Waals surface area contributed by atoms with Gasteiger partial charge in [0.25, 0.3) is 5.91 Å². The van der Waals surface area contributed by atoms with Gasteiger partial charge in [0.2, 0.25) is 0 Å². The number of nitrogens with one attached hydrogen (secondary N) is 1. The summed E-state index contributed by atoms with van der Waals surface area (Å²) >= 11 is 5.23. The summed E-state index contributed by atoms with van der Waals surface area (Å²) in [4.78, 5) is 14.6. The van der Waals surface area contributed by atoms with E-state index in [1.54, 1.807) is 47.3 Å². The maximum absolute atomic E-state index is 10.8. The van der Waals surface area contributed by atoms with Crippen LogP contribution in [0.15, 0.2) is 47.4 Å². The monoisotopic (exact) mass is 238 g/mol. The number of rotatable bonds is 1. The van der Waals surface area contributed by atoms with E-state index in [0.29, 0.717) is 5.56 Å². The van der Waals surface area contributed by atoms with E-state index in [1.165, 1.54) is 0 Å². The molecule has 0 saturated heterocycles. The van der Waals surface area contributed by atoms with Crippen molar-refractivity contribution in [1.29, 1.82) is 0 Å². The molecule has 0 atom stereocenters. The van der Waals surface area contributed by atoms with Crippen LogP contribution in [0.1, 0.15) is 10.4 Å². The topological polar surface area (TPSA) is 42.0 Å². The number of hydrogen-bond acceptors (Lipinski definition) is 4. The maximum Gasteiger partial charge on any atom is 0.260 e. The lowest BCUT2D eigenvalue weighted by Crippen LogP contribution is -2.11. The zero-order valence-corrected chi connectivity index (χ0v) is 9.54. The molecular weight excluding hydrogens is 228 g/mol. The van der Waals surface area contributed by atoms with Crippen molar-refractivity contribution in [2.75, 3.05) is 0 Å². The molecule has 0 spiro atoms. The number of thiazole rings is 1. The lowest BCUT2D eigenvalue weighted by molar-refractivity contribution is 0.0985. The first-order chi connectivity index (χ1) is 7.34. The van der Waals surface area contributed by atoms with Crippen LogP contribution in [0, 0.1) is 0 Å². The van der Waals surface area contributed by atoms with Crippen LogP contribution in [0.3, 0.4) is 0 Å². The van der Waals surface area contributed by atoms with E-state index < -0.39 is 0 Å². The van der Waals surface area contributed by atoms with Crippen molar-refractivity contribution in [2.24, 2.45) is 0 Å². The molecule has 0 aliphatic heterocycles. The molecule has 0 fully saturated rings. The zero-order chi connectivity index (χ0) is 10.9. The number of aromatic nitrogens is 1. The molecule has 2 aromatic rings. The maximum atomic E-state index is 10.8. The minimum absolute atomic E-state index is 0.177. The van der Waals surface area contributed by atoms with Gasteiger partial charge in [-0.2, -0.15) is 0 Å².